The van der Waals surface area contributed by atoms with E-state index in [1.807, 2.05) is 0 Å². The maximum Gasteiger partial charge on any atom is 0.127 e. The lowest BCUT2D eigenvalue weighted by molar-refractivity contribution is 0.588. The number of rotatable bonds is 4. The zero-order valence-corrected chi connectivity index (χ0v) is 16.9. The highest BCUT2D eigenvalue weighted by molar-refractivity contribution is 5.78. The van der Waals surface area contributed by atoms with E-state index in [2.05, 4.69) is 82.5 Å². The van der Waals surface area contributed by atoms with Gasteiger partial charge in [0.25, 0.3) is 0 Å². The molecule has 0 saturated carbocycles. The standard InChI is InChI=1S/C23H31N3/c1-7-19(24)22-25-20-12-15(2)16(3)13-21(20)26(22)14-17-8-10-18(11-9-17)23(4,5)6/h8-13,19H,7,14,24H2,1-6H3. The molecule has 3 heteroatoms. The Morgan fingerprint density at radius 1 is 1.04 bits per heavy atom. The van der Waals surface area contributed by atoms with Crippen molar-refractivity contribution in [2.24, 2.45) is 5.73 Å². The van der Waals surface area contributed by atoms with Crippen LogP contribution in [-0.4, -0.2) is 9.55 Å². The van der Waals surface area contributed by atoms with Crippen LogP contribution in [0.2, 0.25) is 0 Å². The van der Waals surface area contributed by atoms with E-state index < -0.39 is 0 Å². The molecule has 3 nitrogen and oxygen atoms in total. The van der Waals surface area contributed by atoms with Crippen molar-refractivity contribution < 1.29 is 0 Å². The SMILES string of the molecule is CCC(N)c1nc2cc(C)c(C)cc2n1Cc1ccc(C(C)(C)C)cc1. The molecule has 0 radical (unpaired) electrons. The maximum atomic E-state index is 6.39. The van der Waals surface area contributed by atoms with Gasteiger partial charge in [0, 0.05) is 6.54 Å². The van der Waals surface area contributed by atoms with Crippen LogP contribution in [0, 0.1) is 13.8 Å². The van der Waals surface area contributed by atoms with Crippen LogP contribution in [-0.2, 0) is 12.0 Å². The number of hydrogen-bond acceptors (Lipinski definition) is 2. The zero-order valence-electron chi connectivity index (χ0n) is 16.9. The molecule has 3 aromatic rings. The van der Waals surface area contributed by atoms with E-state index in [-0.39, 0.29) is 11.5 Å². The molecule has 1 atom stereocenters. The molecule has 1 unspecified atom stereocenters. The summed E-state index contributed by atoms with van der Waals surface area (Å²) in [6.45, 7) is 13.9. The zero-order chi connectivity index (χ0) is 19.1. The monoisotopic (exact) mass is 349 g/mol. The molecule has 3 rings (SSSR count). The molecule has 2 N–H and O–H groups in total. The first-order valence-corrected chi connectivity index (χ1v) is 9.53. The second-order valence-corrected chi connectivity index (χ2v) is 8.44. The number of hydrogen-bond donors (Lipinski definition) is 1. The average Bonchev–Trinajstić information content (AvgIpc) is 2.92. The van der Waals surface area contributed by atoms with Crippen LogP contribution < -0.4 is 5.73 Å². The fraction of sp³-hybridized carbons (Fsp3) is 0.435. The van der Waals surface area contributed by atoms with E-state index >= 15 is 0 Å². The van der Waals surface area contributed by atoms with Crippen LogP contribution in [0.3, 0.4) is 0 Å². The summed E-state index contributed by atoms with van der Waals surface area (Å²) in [5.41, 5.74) is 14.0. The van der Waals surface area contributed by atoms with Gasteiger partial charge >= 0.3 is 0 Å². The van der Waals surface area contributed by atoms with Crippen molar-refractivity contribution in [3.05, 3.63) is 64.5 Å². The number of benzene rings is 2. The number of aromatic nitrogens is 2. The van der Waals surface area contributed by atoms with Crippen molar-refractivity contribution >= 4 is 11.0 Å². The topological polar surface area (TPSA) is 43.8 Å². The third-order valence-electron chi connectivity index (χ3n) is 5.33. The Bertz CT molecular complexity index is 911. The van der Waals surface area contributed by atoms with E-state index in [4.69, 9.17) is 10.7 Å². The minimum Gasteiger partial charge on any atom is -0.322 e. The Balaban J connectivity index is 2.06. The summed E-state index contributed by atoms with van der Waals surface area (Å²) in [6.07, 6.45) is 0.879. The van der Waals surface area contributed by atoms with Gasteiger partial charge in [0.05, 0.1) is 17.1 Å². The lowest BCUT2D eigenvalue weighted by Crippen LogP contribution is -2.16. The number of imidazole rings is 1. The Morgan fingerprint density at radius 2 is 1.65 bits per heavy atom. The quantitative estimate of drug-likeness (QED) is 0.684. The predicted molar refractivity (Wildman–Crippen MR) is 111 cm³/mol. The van der Waals surface area contributed by atoms with Crippen molar-refractivity contribution in [1.29, 1.82) is 0 Å². The Hall–Kier alpha value is -2.13. The van der Waals surface area contributed by atoms with Crippen molar-refractivity contribution in [3.8, 4) is 0 Å². The number of aryl methyl sites for hydroxylation is 2. The molecule has 0 amide bonds. The van der Waals surface area contributed by atoms with Crippen LogP contribution in [0.5, 0.6) is 0 Å². The summed E-state index contributed by atoms with van der Waals surface area (Å²) in [4.78, 5) is 4.88. The normalized spacial score (nSPS) is 13.3. The smallest absolute Gasteiger partial charge is 0.127 e. The van der Waals surface area contributed by atoms with Gasteiger partial charge < -0.3 is 10.3 Å². The lowest BCUT2D eigenvalue weighted by atomic mass is 9.87. The summed E-state index contributed by atoms with van der Waals surface area (Å²) in [6, 6.07) is 13.3. The van der Waals surface area contributed by atoms with E-state index in [0.29, 0.717) is 0 Å². The summed E-state index contributed by atoms with van der Waals surface area (Å²) in [7, 11) is 0. The lowest BCUT2D eigenvalue weighted by Gasteiger charge is -2.19. The molecule has 0 bridgehead atoms. The molecule has 0 aliphatic rings. The van der Waals surface area contributed by atoms with Gasteiger partial charge in [0.15, 0.2) is 0 Å². The number of nitrogens with zero attached hydrogens (tertiary/aromatic N) is 2. The third kappa shape index (κ3) is 3.54. The summed E-state index contributed by atoms with van der Waals surface area (Å²) in [5.74, 6) is 0.979. The molecular weight excluding hydrogens is 318 g/mol. The van der Waals surface area contributed by atoms with Gasteiger partial charge in [-0.3, -0.25) is 0 Å². The predicted octanol–water partition coefficient (Wildman–Crippen LogP) is 5.41. The van der Waals surface area contributed by atoms with Gasteiger partial charge in [-0.25, -0.2) is 4.98 Å². The van der Waals surface area contributed by atoms with Crippen molar-refractivity contribution in [3.63, 3.8) is 0 Å². The van der Waals surface area contributed by atoms with E-state index in [0.717, 1.165) is 24.3 Å². The van der Waals surface area contributed by atoms with Gasteiger partial charge in [-0.1, -0.05) is 52.0 Å². The Morgan fingerprint density at radius 3 is 2.23 bits per heavy atom. The Labute approximate surface area is 157 Å². The molecule has 0 saturated heterocycles. The first-order valence-electron chi connectivity index (χ1n) is 9.53. The molecule has 0 aliphatic carbocycles. The van der Waals surface area contributed by atoms with Crippen LogP contribution in [0.25, 0.3) is 11.0 Å². The number of fused-ring (bicyclic) bond motifs is 1. The summed E-state index contributed by atoms with van der Waals surface area (Å²) in [5, 5.41) is 0. The molecule has 138 valence electrons. The van der Waals surface area contributed by atoms with Gasteiger partial charge in [0.1, 0.15) is 5.82 Å². The third-order valence-corrected chi connectivity index (χ3v) is 5.33. The average molecular weight is 350 g/mol. The minimum atomic E-state index is -0.0446. The molecule has 2 aromatic carbocycles. The molecular formula is C23H31N3. The highest BCUT2D eigenvalue weighted by atomic mass is 15.1. The first kappa shape index (κ1) is 18.7. The first-order chi connectivity index (χ1) is 12.2. The summed E-state index contributed by atoms with van der Waals surface area (Å²) < 4.78 is 2.29. The van der Waals surface area contributed by atoms with Gasteiger partial charge in [0.2, 0.25) is 0 Å². The highest BCUT2D eigenvalue weighted by Crippen LogP contribution is 2.27. The summed E-state index contributed by atoms with van der Waals surface area (Å²) >= 11 is 0. The highest BCUT2D eigenvalue weighted by Gasteiger charge is 2.18. The van der Waals surface area contributed by atoms with Crippen LogP contribution in [0.15, 0.2) is 36.4 Å². The van der Waals surface area contributed by atoms with Crippen molar-refractivity contribution in [2.45, 2.75) is 66.0 Å². The van der Waals surface area contributed by atoms with Gasteiger partial charge in [-0.2, -0.15) is 0 Å². The second kappa shape index (κ2) is 6.88. The van der Waals surface area contributed by atoms with E-state index in [9.17, 15) is 0 Å². The minimum absolute atomic E-state index is 0.0446. The second-order valence-electron chi connectivity index (χ2n) is 8.44. The fourth-order valence-corrected chi connectivity index (χ4v) is 3.32. The molecule has 0 fully saturated rings. The van der Waals surface area contributed by atoms with Crippen LogP contribution in [0.4, 0.5) is 0 Å². The molecule has 1 aromatic heterocycles. The maximum absolute atomic E-state index is 6.39. The molecule has 0 spiro atoms. The Kier molecular flexibility index (Phi) is 4.94. The molecule has 1 heterocycles. The van der Waals surface area contributed by atoms with E-state index in [1.54, 1.807) is 0 Å². The van der Waals surface area contributed by atoms with Gasteiger partial charge in [-0.15, -0.1) is 0 Å². The van der Waals surface area contributed by atoms with Crippen LogP contribution >= 0.6 is 0 Å². The molecule has 26 heavy (non-hydrogen) atoms. The van der Waals surface area contributed by atoms with Crippen LogP contribution in [0.1, 0.15) is 68.2 Å². The number of nitrogens with two attached hydrogens (primary N) is 1. The fourth-order valence-electron chi connectivity index (χ4n) is 3.32. The van der Waals surface area contributed by atoms with E-state index in [1.165, 1.54) is 27.8 Å². The van der Waals surface area contributed by atoms with Crippen molar-refractivity contribution in [2.75, 3.05) is 0 Å². The molecule has 0 aliphatic heterocycles. The largest absolute Gasteiger partial charge is 0.322 e. The van der Waals surface area contributed by atoms with Crippen molar-refractivity contribution in [1.82, 2.24) is 9.55 Å². The van der Waals surface area contributed by atoms with Gasteiger partial charge in [-0.05, 0) is 60.1 Å².